The molecule has 2 unspecified atom stereocenters. The number of H-pyrrole nitrogens is 1. The third kappa shape index (κ3) is 6.78. The van der Waals surface area contributed by atoms with Gasteiger partial charge in [0.1, 0.15) is 6.04 Å². The summed E-state index contributed by atoms with van der Waals surface area (Å²) in [7, 11) is 1.52. The smallest absolute Gasteiger partial charge is 0.325 e. The monoisotopic (exact) mass is 634 g/mol. The van der Waals surface area contributed by atoms with Crippen molar-refractivity contribution >= 4 is 69.2 Å². The molecule has 1 amide bonds. The van der Waals surface area contributed by atoms with Gasteiger partial charge in [-0.1, -0.05) is 78.3 Å². The van der Waals surface area contributed by atoms with Gasteiger partial charge in [0.2, 0.25) is 0 Å². The van der Waals surface area contributed by atoms with Crippen LogP contribution < -0.4 is 10.1 Å². The number of carboxylic acids is 1. The summed E-state index contributed by atoms with van der Waals surface area (Å²) in [6.07, 6.45) is 4.69. The molecule has 0 aliphatic carbocycles. The molecule has 6 nitrogen and oxygen atoms in total. The van der Waals surface area contributed by atoms with Gasteiger partial charge in [-0.3, -0.25) is 9.59 Å². The fourth-order valence-corrected chi connectivity index (χ4v) is 6.40. The van der Waals surface area contributed by atoms with Gasteiger partial charge in [-0.15, -0.1) is 0 Å². The van der Waals surface area contributed by atoms with E-state index in [4.69, 9.17) is 56.2 Å². The van der Waals surface area contributed by atoms with Crippen LogP contribution in [0.4, 0.5) is 0 Å². The summed E-state index contributed by atoms with van der Waals surface area (Å²) in [4.78, 5) is 27.2. The van der Waals surface area contributed by atoms with Crippen LogP contribution in [0.3, 0.4) is 0 Å². The molecular formula is C31H30Cl4N2O4. The molecule has 3 N–H and O–H groups in total. The predicted octanol–water partition coefficient (Wildman–Crippen LogP) is 9.10. The van der Waals surface area contributed by atoms with Gasteiger partial charge in [0.25, 0.3) is 5.91 Å². The molecule has 0 aliphatic rings. The van der Waals surface area contributed by atoms with E-state index >= 15 is 0 Å². The Balaban J connectivity index is 1.87. The van der Waals surface area contributed by atoms with Gasteiger partial charge < -0.3 is 20.1 Å². The Hall–Kier alpha value is -2.90. The van der Waals surface area contributed by atoms with Crippen LogP contribution in [0.15, 0.2) is 54.7 Å². The third-order valence-electron chi connectivity index (χ3n) is 7.25. The Labute approximate surface area is 258 Å². The molecule has 1 aromatic heterocycles. The molecular weight excluding hydrogens is 606 g/mol. The molecule has 4 aromatic rings. The number of aromatic nitrogens is 1. The largest absolute Gasteiger partial charge is 0.494 e. The second-order valence-corrected chi connectivity index (χ2v) is 11.6. The van der Waals surface area contributed by atoms with E-state index in [0.717, 1.165) is 46.9 Å². The number of halogens is 4. The molecule has 0 fully saturated rings. The van der Waals surface area contributed by atoms with Crippen molar-refractivity contribution in [2.75, 3.05) is 7.11 Å². The minimum Gasteiger partial charge on any atom is -0.494 e. The number of ether oxygens (including phenoxy) is 1. The fraction of sp³-hybridized carbons (Fsp3) is 0.290. The zero-order valence-corrected chi connectivity index (χ0v) is 25.8. The molecule has 41 heavy (non-hydrogen) atoms. The Morgan fingerprint density at radius 3 is 2.22 bits per heavy atom. The summed E-state index contributed by atoms with van der Waals surface area (Å²) < 4.78 is 5.41. The SMILES string of the molecule is CCCCC(c1ccc(C(=O)N[C@@H](C)C(=O)O)cc1)C(c1cc(Cl)c(OC)c(Cl)c1)c1c[nH]c2c(Cl)cc(Cl)cc12. The highest BCUT2D eigenvalue weighted by Gasteiger charge is 2.30. The summed E-state index contributed by atoms with van der Waals surface area (Å²) in [5, 5.41) is 14.4. The van der Waals surface area contributed by atoms with E-state index < -0.39 is 17.9 Å². The quantitative estimate of drug-likeness (QED) is 0.153. The Kier molecular flexibility index (Phi) is 10.1. The molecule has 0 saturated carbocycles. The molecule has 10 heteroatoms. The average Bonchev–Trinajstić information content (AvgIpc) is 3.34. The second kappa shape index (κ2) is 13.4. The van der Waals surface area contributed by atoms with Crippen LogP contribution in [0.5, 0.6) is 5.75 Å². The minimum atomic E-state index is -1.10. The topological polar surface area (TPSA) is 91.4 Å². The van der Waals surface area contributed by atoms with Crippen LogP contribution in [-0.2, 0) is 4.79 Å². The maximum atomic E-state index is 12.7. The molecule has 3 aromatic carbocycles. The molecule has 1 heterocycles. The van der Waals surface area contributed by atoms with E-state index in [1.165, 1.54) is 14.0 Å². The van der Waals surface area contributed by atoms with Crippen LogP contribution in [-0.4, -0.2) is 35.1 Å². The van der Waals surface area contributed by atoms with E-state index in [1.807, 2.05) is 36.5 Å². The molecule has 216 valence electrons. The van der Waals surface area contributed by atoms with Gasteiger partial charge in [-0.25, -0.2) is 0 Å². The number of fused-ring (bicyclic) bond motifs is 1. The van der Waals surface area contributed by atoms with Crippen LogP contribution in [0, 0.1) is 0 Å². The molecule has 0 spiro atoms. The normalized spacial score (nSPS) is 13.5. The number of unbranched alkanes of at least 4 members (excludes halogenated alkanes) is 1. The number of aromatic amines is 1. The van der Waals surface area contributed by atoms with E-state index in [-0.39, 0.29) is 11.8 Å². The number of carboxylic acid groups (broad SMARTS) is 1. The number of carbonyl (C=O) groups is 2. The first-order valence-electron chi connectivity index (χ1n) is 13.2. The van der Waals surface area contributed by atoms with Crippen molar-refractivity contribution in [1.29, 1.82) is 0 Å². The number of hydrogen-bond acceptors (Lipinski definition) is 3. The summed E-state index contributed by atoms with van der Waals surface area (Å²) in [6, 6.07) is 13.6. The van der Waals surface area contributed by atoms with Crippen molar-refractivity contribution < 1.29 is 19.4 Å². The first-order valence-corrected chi connectivity index (χ1v) is 14.7. The highest BCUT2D eigenvalue weighted by Crippen LogP contribution is 2.47. The van der Waals surface area contributed by atoms with E-state index in [9.17, 15) is 9.59 Å². The first kappa shape index (κ1) is 31.0. The number of amides is 1. The summed E-state index contributed by atoms with van der Waals surface area (Å²) >= 11 is 26.3. The predicted molar refractivity (Wildman–Crippen MR) is 166 cm³/mol. The summed E-state index contributed by atoms with van der Waals surface area (Å²) in [5.74, 6) is -1.44. The lowest BCUT2D eigenvalue weighted by Gasteiger charge is -2.29. The second-order valence-electron chi connectivity index (χ2n) is 9.95. The van der Waals surface area contributed by atoms with Crippen LogP contribution in [0.2, 0.25) is 20.1 Å². The Bertz CT molecular complexity index is 1550. The number of methoxy groups -OCH3 is 1. The van der Waals surface area contributed by atoms with Gasteiger partial charge in [0.15, 0.2) is 5.75 Å². The number of nitrogens with one attached hydrogen (secondary N) is 2. The van der Waals surface area contributed by atoms with Crippen molar-refractivity contribution in [3.05, 3.63) is 97.1 Å². The lowest BCUT2D eigenvalue weighted by molar-refractivity contribution is -0.138. The zero-order chi connectivity index (χ0) is 29.8. The fourth-order valence-electron chi connectivity index (χ4n) is 5.19. The molecule has 0 radical (unpaired) electrons. The van der Waals surface area contributed by atoms with E-state index in [2.05, 4.69) is 17.2 Å². The number of hydrogen-bond donors (Lipinski definition) is 3. The van der Waals surface area contributed by atoms with Crippen LogP contribution in [0.25, 0.3) is 10.9 Å². The van der Waals surface area contributed by atoms with Crippen molar-refractivity contribution in [3.8, 4) is 5.75 Å². The van der Waals surface area contributed by atoms with E-state index in [0.29, 0.717) is 31.4 Å². The van der Waals surface area contributed by atoms with Crippen molar-refractivity contribution in [2.45, 2.75) is 51.0 Å². The zero-order valence-electron chi connectivity index (χ0n) is 22.7. The highest BCUT2D eigenvalue weighted by molar-refractivity contribution is 6.38. The van der Waals surface area contributed by atoms with Crippen molar-refractivity contribution in [2.24, 2.45) is 0 Å². The standard InChI is InChI=1S/C31H30Cl4N2O4/c1-4-5-6-21(17-7-9-18(10-8-17)30(38)37-16(2)31(39)40)27(19-11-25(34)29(41-3)26(35)12-19)23-15-36-28-22(23)13-20(32)14-24(28)33/h7-16,21,27,36H,4-6H2,1-3H3,(H,37,38)(H,39,40)/t16-,21?,27?/m0/s1. The van der Waals surface area contributed by atoms with E-state index in [1.54, 1.807) is 18.2 Å². The van der Waals surface area contributed by atoms with Gasteiger partial charge >= 0.3 is 5.97 Å². The van der Waals surface area contributed by atoms with Gasteiger partial charge in [0.05, 0.1) is 27.7 Å². The van der Waals surface area contributed by atoms with Crippen LogP contribution in [0.1, 0.15) is 72.0 Å². The molecule has 0 saturated heterocycles. The lowest BCUT2D eigenvalue weighted by Crippen LogP contribution is -2.38. The summed E-state index contributed by atoms with van der Waals surface area (Å²) in [6.45, 7) is 3.56. The Morgan fingerprint density at radius 2 is 1.63 bits per heavy atom. The molecule has 0 bridgehead atoms. The van der Waals surface area contributed by atoms with Gasteiger partial charge in [-0.05, 0) is 72.4 Å². The number of carbonyl (C=O) groups excluding carboxylic acids is 1. The van der Waals surface area contributed by atoms with Crippen molar-refractivity contribution in [1.82, 2.24) is 10.3 Å². The van der Waals surface area contributed by atoms with Crippen LogP contribution >= 0.6 is 46.4 Å². The Morgan fingerprint density at radius 1 is 0.976 bits per heavy atom. The maximum Gasteiger partial charge on any atom is 0.325 e. The summed E-state index contributed by atoms with van der Waals surface area (Å²) in [5.41, 5.74) is 4.00. The highest BCUT2D eigenvalue weighted by atomic mass is 35.5. The molecule has 0 aliphatic heterocycles. The van der Waals surface area contributed by atoms with Gasteiger partial charge in [0, 0.05) is 28.1 Å². The lowest BCUT2D eigenvalue weighted by atomic mass is 9.74. The maximum absolute atomic E-state index is 12.7. The number of aliphatic carboxylic acids is 1. The van der Waals surface area contributed by atoms with Gasteiger partial charge in [-0.2, -0.15) is 0 Å². The van der Waals surface area contributed by atoms with Crippen molar-refractivity contribution in [3.63, 3.8) is 0 Å². The average molecular weight is 636 g/mol. The number of rotatable bonds is 11. The number of benzene rings is 3. The third-order valence-corrected chi connectivity index (χ3v) is 8.32. The first-order chi connectivity index (χ1) is 19.5. The minimum absolute atomic E-state index is 0.0534. The molecule has 3 atom stereocenters. The molecule has 4 rings (SSSR count).